The van der Waals surface area contributed by atoms with E-state index in [1.807, 2.05) is 13.0 Å². The van der Waals surface area contributed by atoms with Crippen LogP contribution >= 0.6 is 0 Å². The lowest BCUT2D eigenvalue weighted by Gasteiger charge is -2.22. The minimum absolute atomic E-state index is 0.0177. The van der Waals surface area contributed by atoms with Gasteiger partial charge in [0.2, 0.25) is 0 Å². The molecule has 1 heterocycles. The van der Waals surface area contributed by atoms with Crippen LogP contribution in [0.25, 0.3) is 0 Å². The van der Waals surface area contributed by atoms with Crippen molar-refractivity contribution in [1.82, 2.24) is 0 Å². The highest BCUT2D eigenvalue weighted by molar-refractivity contribution is 7.86. The van der Waals surface area contributed by atoms with Gasteiger partial charge in [-0.1, -0.05) is 12.1 Å². The van der Waals surface area contributed by atoms with Gasteiger partial charge in [0.05, 0.1) is 31.3 Å². The highest BCUT2D eigenvalue weighted by Gasteiger charge is 2.15. The van der Waals surface area contributed by atoms with Gasteiger partial charge in [0, 0.05) is 6.61 Å². The van der Waals surface area contributed by atoms with Crippen molar-refractivity contribution in [3.63, 3.8) is 0 Å². The Bertz CT molecular complexity index is 566. The molecule has 7 heteroatoms. The molecule has 0 radical (unpaired) electrons. The Kier molecular flexibility index (Phi) is 7.45. The van der Waals surface area contributed by atoms with Crippen LogP contribution < -0.4 is 0 Å². The van der Waals surface area contributed by atoms with E-state index in [1.165, 1.54) is 6.07 Å². The topological polar surface area (TPSA) is 71.1 Å². The second-order valence-electron chi connectivity index (χ2n) is 5.37. The molecule has 6 nitrogen and oxygen atoms in total. The smallest absolute Gasteiger partial charge is 0.297 e. The first-order valence-corrected chi connectivity index (χ1v) is 9.26. The lowest BCUT2D eigenvalue weighted by atomic mass is 10.2. The summed E-state index contributed by atoms with van der Waals surface area (Å²) in [7, 11) is -3.72. The second-order valence-corrected chi connectivity index (χ2v) is 6.99. The highest BCUT2D eigenvalue weighted by Crippen LogP contribution is 2.14. The van der Waals surface area contributed by atoms with Crippen LogP contribution in [0.3, 0.4) is 0 Å². The Morgan fingerprint density at radius 1 is 1.17 bits per heavy atom. The molecule has 0 saturated carbocycles. The van der Waals surface area contributed by atoms with Crippen molar-refractivity contribution in [1.29, 1.82) is 0 Å². The van der Waals surface area contributed by atoms with Gasteiger partial charge in [0.25, 0.3) is 10.1 Å². The Labute approximate surface area is 137 Å². The molecule has 23 heavy (non-hydrogen) atoms. The predicted molar refractivity (Wildman–Crippen MR) is 84.7 cm³/mol. The van der Waals surface area contributed by atoms with E-state index in [1.54, 1.807) is 12.1 Å². The van der Waals surface area contributed by atoms with Crippen LogP contribution in [-0.2, 0) is 28.5 Å². The van der Waals surface area contributed by atoms with E-state index in [2.05, 4.69) is 0 Å². The Morgan fingerprint density at radius 3 is 2.74 bits per heavy atom. The SMILES string of the molecule is Cc1cccc(S(=O)(=O)OCCOCCOC2CCCCO2)c1. The van der Waals surface area contributed by atoms with Gasteiger partial charge in [0.1, 0.15) is 0 Å². The minimum atomic E-state index is -3.72. The van der Waals surface area contributed by atoms with Gasteiger partial charge in [-0.25, -0.2) is 0 Å². The lowest BCUT2D eigenvalue weighted by Crippen LogP contribution is -2.24. The molecular formula is C16H24O6S. The van der Waals surface area contributed by atoms with Crippen LogP contribution in [-0.4, -0.2) is 47.7 Å². The molecule has 1 aromatic carbocycles. The van der Waals surface area contributed by atoms with Crippen molar-refractivity contribution in [2.75, 3.05) is 33.0 Å². The Morgan fingerprint density at radius 2 is 2.00 bits per heavy atom. The van der Waals surface area contributed by atoms with E-state index in [9.17, 15) is 8.42 Å². The van der Waals surface area contributed by atoms with E-state index in [0.29, 0.717) is 13.2 Å². The lowest BCUT2D eigenvalue weighted by molar-refractivity contribution is -0.169. The van der Waals surface area contributed by atoms with Crippen molar-refractivity contribution in [2.24, 2.45) is 0 Å². The quantitative estimate of drug-likeness (QED) is 0.505. The zero-order valence-electron chi connectivity index (χ0n) is 13.4. The zero-order valence-corrected chi connectivity index (χ0v) is 14.2. The number of rotatable bonds is 9. The molecule has 1 saturated heterocycles. The number of hydrogen-bond donors (Lipinski definition) is 0. The maximum absolute atomic E-state index is 12.0. The number of aryl methyl sites for hydroxylation is 1. The molecule has 1 aromatic rings. The molecule has 0 spiro atoms. The normalized spacial score (nSPS) is 18.9. The fraction of sp³-hybridized carbons (Fsp3) is 0.625. The fourth-order valence-corrected chi connectivity index (χ4v) is 3.22. The summed E-state index contributed by atoms with van der Waals surface area (Å²) in [4.78, 5) is 0.162. The van der Waals surface area contributed by atoms with Crippen LogP contribution in [0.1, 0.15) is 24.8 Å². The number of hydrogen-bond acceptors (Lipinski definition) is 6. The molecule has 0 aromatic heterocycles. The maximum atomic E-state index is 12.0. The van der Waals surface area contributed by atoms with E-state index in [0.717, 1.165) is 31.4 Å². The van der Waals surface area contributed by atoms with Crippen molar-refractivity contribution in [3.05, 3.63) is 29.8 Å². The molecule has 1 aliphatic rings. The summed E-state index contributed by atoms with van der Waals surface area (Å²) < 4.78 is 45.1. The van der Waals surface area contributed by atoms with E-state index in [-0.39, 0.29) is 24.4 Å². The van der Waals surface area contributed by atoms with Crippen molar-refractivity contribution in [3.8, 4) is 0 Å². The summed E-state index contributed by atoms with van der Waals surface area (Å²) in [5.74, 6) is 0. The van der Waals surface area contributed by atoms with Crippen LogP contribution in [0.2, 0.25) is 0 Å². The van der Waals surface area contributed by atoms with Gasteiger partial charge in [0.15, 0.2) is 6.29 Å². The summed E-state index contributed by atoms with van der Waals surface area (Å²) >= 11 is 0. The van der Waals surface area contributed by atoms with Gasteiger partial charge < -0.3 is 14.2 Å². The average molecular weight is 344 g/mol. The molecule has 0 amide bonds. The third kappa shape index (κ3) is 6.56. The van der Waals surface area contributed by atoms with Gasteiger partial charge in [-0.2, -0.15) is 8.42 Å². The van der Waals surface area contributed by atoms with Crippen LogP contribution in [0.4, 0.5) is 0 Å². The summed E-state index contributed by atoms with van der Waals surface area (Å²) in [5, 5.41) is 0. The van der Waals surface area contributed by atoms with E-state index in [4.69, 9.17) is 18.4 Å². The van der Waals surface area contributed by atoms with Crippen LogP contribution in [0, 0.1) is 6.92 Å². The van der Waals surface area contributed by atoms with Gasteiger partial charge >= 0.3 is 0 Å². The Hall–Kier alpha value is -0.990. The number of benzene rings is 1. The highest BCUT2D eigenvalue weighted by atomic mass is 32.2. The Balaban J connectivity index is 1.58. The molecule has 2 rings (SSSR count). The third-order valence-corrected chi connectivity index (χ3v) is 4.72. The largest absolute Gasteiger partial charge is 0.377 e. The standard InChI is InChI=1S/C16H24O6S/c1-14-5-4-6-15(13-14)23(17,18)22-12-10-19-9-11-21-16-7-2-3-8-20-16/h4-6,13,16H,2-3,7-12H2,1H3. The first kappa shape index (κ1) is 18.4. The second kappa shape index (κ2) is 9.34. The first-order valence-electron chi connectivity index (χ1n) is 7.85. The maximum Gasteiger partial charge on any atom is 0.297 e. The molecule has 0 N–H and O–H groups in total. The summed E-state index contributed by atoms with van der Waals surface area (Å²) in [6.07, 6.45) is 2.99. The molecule has 1 unspecified atom stereocenters. The molecule has 0 bridgehead atoms. The molecule has 0 aliphatic carbocycles. The molecular weight excluding hydrogens is 320 g/mol. The first-order chi connectivity index (χ1) is 11.1. The number of ether oxygens (including phenoxy) is 3. The van der Waals surface area contributed by atoms with Crippen LogP contribution in [0.15, 0.2) is 29.2 Å². The average Bonchev–Trinajstić information content (AvgIpc) is 2.55. The third-order valence-electron chi connectivity index (χ3n) is 3.41. The molecule has 1 fully saturated rings. The van der Waals surface area contributed by atoms with Crippen molar-refractivity contribution in [2.45, 2.75) is 37.4 Å². The van der Waals surface area contributed by atoms with E-state index >= 15 is 0 Å². The van der Waals surface area contributed by atoms with E-state index < -0.39 is 10.1 Å². The van der Waals surface area contributed by atoms with Gasteiger partial charge in [-0.3, -0.25) is 4.18 Å². The molecule has 130 valence electrons. The van der Waals surface area contributed by atoms with Gasteiger partial charge in [-0.15, -0.1) is 0 Å². The molecule has 1 atom stereocenters. The van der Waals surface area contributed by atoms with Crippen molar-refractivity contribution >= 4 is 10.1 Å². The van der Waals surface area contributed by atoms with Gasteiger partial charge in [-0.05, 0) is 43.9 Å². The summed E-state index contributed by atoms with van der Waals surface area (Å²) in [6.45, 7) is 3.56. The minimum Gasteiger partial charge on any atom is -0.377 e. The fourth-order valence-electron chi connectivity index (χ4n) is 2.22. The zero-order chi connectivity index (χ0) is 16.5. The van der Waals surface area contributed by atoms with Crippen molar-refractivity contribution < 1.29 is 26.8 Å². The predicted octanol–water partition coefficient (Wildman–Crippen LogP) is 2.26. The van der Waals surface area contributed by atoms with Crippen LogP contribution in [0.5, 0.6) is 0 Å². The summed E-state index contributed by atoms with van der Waals surface area (Å²) in [6, 6.07) is 6.61. The monoisotopic (exact) mass is 344 g/mol. The molecule has 1 aliphatic heterocycles. The summed E-state index contributed by atoms with van der Waals surface area (Å²) in [5.41, 5.74) is 0.869.